The standard InChI is InChI=1S/C21H25N5O/c1-27-18-12-6-4-10-16(18)15-9-3-5-11-17(15)26-20(23)24-19(22)25-21(26)13-7-2-8-14-21/h3-6,9-12H,2,7-8,13-14H2,1H3,(H4,22,23,24,25). The molecule has 1 saturated carbocycles. The highest BCUT2D eigenvalue weighted by Gasteiger charge is 2.43. The van der Waals surface area contributed by atoms with Gasteiger partial charge in [0.1, 0.15) is 11.4 Å². The zero-order chi connectivity index (χ0) is 18.9. The third-order valence-corrected chi connectivity index (χ3v) is 5.39. The summed E-state index contributed by atoms with van der Waals surface area (Å²) in [4.78, 5) is 11.1. The van der Waals surface area contributed by atoms with Crippen molar-refractivity contribution in [2.45, 2.75) is 37.8 Å². The molecule has 0 aromatic heterocycles. The highest BCUT2D eigenvalue weighted by atomic mass is 16.5. The van der Waals surface area contributed by atoms with Crippen LogP contribution in [0, 0.1) is 0 Å². The van der Waals surface area contributed by atoms with Crippen LogP contribution in [-0.4, -0.2) is 24.7 Å². The van der Waals surface area contributed by atoms with Gasteiger partial charge in [-0.25, -0.2) is 4.99 Å². The highest BCUT2D eigenvalue weighted by Crippen LogP contribution is 2.44. The molecule has 4 N–H and O–H groups in total. The van der Waals surface area contributed by atoms with Crippen LogP contribution in [0.1, 0.15) is 32.1 Å². The fraction of sp³-hybridized carbons (Fsp3) is 0.333. The average molecular weight is 363 g/mol. The van der Waals surface area contributed by atoms with E-state index in [-0.39, 0.29) is 5.96 Å². The van der Waals surface area contributed by atoms with Crippen LogP contribution in [0.15, 0.2) is 58.5 Å². The largest absolute Gasteiger partial charge is 0.496 e. The minimum Gasteiger partial charge on any atom is -0.496 e. The van der Waals surface area contributed by atoms with Crippen molar-refractivity contribution in [3.63, 3.8) is 0 Å². The lowest BCUT2D eigenvalue weighted by atomic mass is 9.86. The molecule has 1 fully saturated rings. The minimum absolute atomic E-state index is 0.264. The van der Waals surface area contributed by atoms with E-state index in [2.05, 4.69) is 28.1 Å². The van der Waals surface area contributed by atoms with Gasteiger partial charge in [0.2, 0.25) is 11.9 Å². The molecule has 0 radical (unpaired) electrons. The van der Waals surface area contributed by atoms with E-state index >= 15 is 0 Å². The molecule has 1 aliphatic carbocycles. The first-order chi connectivity index (χ1) is 13.1. The SMILES string of the molecule is COc1ccccc1-c1ccccc1N1C(N)=NC(N)=NC12CCCCC2. The Kier molecular flexibility index (Phi) is 4.48. The molecule has 6 nitrogen and oxygen atoms in total. The van der Waals surface area contributed by atoms with Crippen LogP contribution >= 0.6 is 0 Å². The first-order valence-corrected chi connectivity index (χ1v) is 9.37. The van der Waals surface area contributed by atoms with E-state index in [0.717, 1.165) is 48.2 Å². The summed E-state index contributed by atoms with van der Waals surface area (Å²) < 4.78 is 5.60. The van der Waals surface area contributed by atoms with Crippen molar-refractivity contribution in [2.24, 2.45) is 21.5 Å². The molecule has 0 saturated heterocycles. The zero-order valence-electron chi connectivity index (χ0n) is 15.6. The van der Waals surface area contributed by atoms with Gasteiger partial charge in [-0.15, -0.1) is 0 Å². The average Bonchev–Trinajstić information content (AvgIpc) is 2.68. The molecule has 1 heterocycles. The number of aliphatic imine (C=N–C) groups is 2. The molecular weight excluding hydrogens is 338 g/mol. The molecule has 2 aromatic carbocycles. The van der Waals surface area contributed by atoms with Gasteiger partial charge < -0.3 is 16.2 Å². The molecule has 1 aliphatic heterocycles. The minimum atomic E-state index is -0.466. The van der Waals surface area contributed by atoms with Crippen molar-refractivity contribution in [2.75, 3.05) is 12.0 Å². The lowest BCUT2D eigenvalue weighted by molar-refractivity contribution is 0.305. The number of hydrogen-bond donors (Lipinski definition) is 2. The maximum absolute atomic E-state index is 6.41. The van der Waals surface area contributed by atoms with Crippen LogP contribution in [0.4, 0.5) is 5.69 Å². The number of methoxy groups -OCH3 is 1. The summed E-state index contributed by atoms with van der Waals surface area (Å²) in [6.45, 7) is 0. The summed E-state index contributed by atoms with van der Waals surface area (Å²) in [6.07, 6.45) is 5.21. The molecule has 6 heteroatoms. The summed E-state index contributed by atoms with van der Waals surface area (Å²) in [5.41, 5.74) is 15.0. The molecule has 27 heavy (non-hydrogen) atoms. The number of rotatable bonds is 3. The maximum atomic E-state index is 6.41. The monoisotopic (exact) mass is 363 g/mol. The smallest absolute Gasteiger partial charge is 0.220 e. The molecule has 2 aliphatic rings. The van der Waals surface area contributed by atoms with Gasteiger partial charge in [0.05, 0.1) is 12.8 Å². The fourth-order valence-corrected chi connectivity index (χ4v) is 4.23. The number of hydrogen-bond acceptors (Lipinski definition) is 6. The van der Waals surface area contributed by atoms with Crippen LogP contribution in [-0.2, 0) is 0 Å². The van der Waals surface area contributed by atoms with Gasteiger partial charge in [0, 0.05) is 11.1 Å². The van der Waals surface area contributed by atoms with Gasteiger partial charge in [-0.3, -0.25) is 4.90 Å². The molecule has 0 atom stereocenters. The van der Waals surface area contributed by atoms with Crippen LogP contribution < -0.4 is 21.1 Å². The van der Waals surface area contributed by atoms with Crippen molar-refractivity contribution in [1.29, 1.82) is 0 Å². The van der Waals surface area contributed by atoms with E-state index in [0.29, 0.717) is 5.96 Å². The van der Waals surface area contributed by atoms with Crippen molar-refractivity contribution in [3.8, 4) is 16.9 Å². The summed E-state index contributed by atoms with van der Waals surface area (Å²) in [5, 5.41) is 0. The van der Waals surface area contributed by atoms with E-state index in [1.165, 1.54) is 6.42 Å². The normalized spacial score (nSPS) is 18.8. The number of guanidine groups is 2. The van der Waals surface area contributed by atoms with Gasteiger partial charge in [0.25, 0.3) is 0 Å². The Bertz CT molecular complexity index is 899. The highest BCUT2D eigenvalue weighted by molar-refractivity contribution is 6.07. The van der Waals surface area contributed by atoms with Crippen LogP contribution in [0.25, 0.3) is 11.1 Å². The van der Waals surface area contributed by atoms with E-state index < -0.39 is 5.66 Å². The van der Waals surface area contributed by atoms with E-state index in [1.54, 1.807) is 7.11 Å². The zero-order valence-corrected chi connectivity index (χ0v) is 15.6. The number of anilines is 1. The van der Waals surface area contributed by atoms with Crippen LogP contribution in [0.2, 0.25) is 0 Å². The van der Waals surface area contributed by atoms with Crippen LogP contribution in [0.5, 0.6) is 5.75 Å². The Morgan fingerprint density at radius 2 is 1.59 bits per heavy atom. The topological polar surface area (TPSA) is 89.2 Å². The predicted octanol–water partition coefficient (Wildman–Crippen LogP) is 3.47. The maximum Gasteiger partial charge on any atom is 0.220 e. The number of nitrogens with two attached hydrogens (primary N) is 2. The lowest BCUT2D eigenvalue weighted by Crippen LogP contribution is -2.58. The van der Waals surface area contributed by atoms with Crippen molar-refractivity contribution in [1.82, 2.24) is 0 Å². The van der Waals surface area contributed by atoms with Crippen molar-refractivity contribution < 1.29 is 4.74 Å². The lowest BCUT2D eigenvalue weighted by Gasteiger charge is -2.46. The Morgan fingerprint density at radius 1 is 0.926 bits per heavy atom. The first kappa shape index (κ1) is 17.4. The molecule has 1 spiro atoms. The van der Waals surface area contributed by atoms with Crippen molar-refractivity contribution in [3.05, 3.63) is 48.5 Å². The summed E-state index contributed by atoms with van der Waals surface area (Å²) in [7, 11) is 1.69. The molecular formula is C21H25N5O. The molecule has 0 unspecified atom stereocenters. The third-order valence-electron chi connectivity index (χ3n) is 5.39. The Labute approximate surface area is 159 Å². The van der Waals surface area contributed by atoms with Gasteiger partial charge >= 0.3 is 0 Å². The first-order valence-electron chi connectivity index (χ1n) is 9.37. The molecule has 4 rings (SSSR count). The number of para-hydroxylation sites is 2. The van der Waals surface area contributed by atoms with Gasteiger partial charge in [-0.2, -0.15) is 4.99 Å². The Morgan fingerprint density at radius 3 is 2.33 bits per heavy atom. The van der Waals surface area contributed by atoms with E-state index in [9.17, 15) is 0 Å². The number of benzene rings is 2. The van der Waals surface area contributed by atoms with E-state index in [1.807, 2.05) is 30.3 Å². The van der Waals surface area contributed by atoms with Gasteiger partial charge in [-0.1, -0.05) is 42.8 Å². The Hall–Kier alpha value is -3.02. The van der Waals surface area contributed by atoms with Gasteiger partial charge in [-0.05, 0) is 37.8 Å². The summed E-state index contributed by atoms with van der Waals surface area (Å²) in [6, 6.07) is 16.2. The summed E-state index contributed by atoms with van der Waals surface area (Å²) in [5.74, 6) is 1.48. The molecule has 0 amide bonds. The summed E-state index contributed by atoms with van der Waals surface area (Å²) >= 11 is 0. The second-order valence-corrected chi connectivity index (χ2v) is 7.04. The number of nitrogens with zero attached hydrogens (tertiary/aromatic N) is 3. The number of ether oxygens (including phenoxy) is 1. The fourth-order valence-electron chi connectivity index (χ4n) is 4.23. The Balaban J connectivity index is 1.89. The van der Waals surface area contributed by atoms with Gasteiger partial charge in [0.15, 0.2) is 0 Å². The molecule has 2 aromatic rings. The third kappa shape index (κ3) is 3.01. The van der Waals surface area contributed by atoms with Crippen molar-refractivity contribution >= 4 is 17.6 Å². The second kappa shape index (κ2) is 6.95. The quantitative estimate of drug-likeness (QED) is 0.874. The molecule has 140 valence electrons. The van der Waals surface area contributed by atoms with E-state index in [4.69, 9.17) is 21.2 Å². The van der Waals surface area contributed by atoms with Crippen LogP contribution in [0.3, 0.4) is 0 Å². The predicted molar refractivity (Wildman–Crippen MR) is 110 cm³/mol. The molecule has 0 bridgehead atoms. The second-order valence-electron chi connectivity index (χ2n) is 7.04.